The molecule has 9 heteroatoms. The van der Waals surface area contributed by atoms with E-state index >= 15 is 4.39 Å². The van der Waals surface area contributed by atoms with Crippen LogP contribution in [0.2, 0.25) is 5.02 Å². The summed E-state index contributed by atoms with van der Waals surface area (Å²) in [5.41, 5.74) is 6.82. The van der Waals surface area contributed by atoms with Gasteiger partial charge in [-0.05, 0) is 99.2 Å². The van der Waals surface area contributed by atoms with E-state index in [1.807, 2.05) is 38.6 Å². The highest BCUT2D eigenvalue weighted by atomic mass is 35.5. The van der Waals surface area contributed by atoms with Crippen molar-refractivity contribution in [2.75, 3.05) is 5.32 Å². The van der Waals surface area contributed by atoms with Crippen molar-refractivity contribution in [3.05, 3.63) is 91.5 Å². The van der Waals surface area contributed by atoms with E-state index in [0.29, 0.717) is 11.4 Å². The Bertz CT molecular complexity index is 1850. The Morgan fingerprint density at radius 3 is 2.71 bits per heavy atom. The third-order valence-corrected chi connectivity index (χ3v) is 9.82. The van der Waals surface area contributed by atoms with Crippen LogP contribution in [0.1, 0.15) is 78.2 Å². The summed E-state index contributed by atoms with van der Waals surface area (Å²) in [7, 11) is 2.02. The molecule has 3 aromatic heterocycles. The third kappa shape index (κ3) is 4.30. The summed E-state index contributed by atoms with van der Waals surface area (Å²) in [6.07, 6.45) is 7.45. The van der Waals surface area contributed by atoms with E-state index in [4.69, 9.17) is 16.7 Å². The Morgan fingerprint density at radius 1 is 1.17 bits per heavy atom. The zero-order valence-corrected chi connectivity index (χ0v) is 25.0. The lowest BCUT2D eigenvalue weighted by Crippen LogP contribution is -2.23. The van der Waals surface area contributed by atoms with Crippen molar-refractivity contribution in [2.24, 2.45) is 12.5 Å². The number of carbonyl (C=O) groups is 1. The fraction of sp³-hybridized carbons (Fsp3) is 0.394. The molecule has 7 rings (SSSR count). The van der Waals surface area contributed by atoms with Gasteiger partial charge in [-0.25, -0.2) is 4.39 Å². The number of halogens is 2. The SMILES string of the molecule is Cc1cnc(-c2cccc(NC(=O)C3(C)CC3)c2F)cc1-n1c(C)cc([C@@H]2CC2c2nn(C)c3c2CCC3)c(Cl)c1=O. The molecule has 3 heterocycles. The van der Waals surface area contributed by atoms with E-state index in [1.54, 1.807) is 35.0 Å². The molecule has 0 bridgehead atoms. The van der Waals surface area contributed by atoms with Gasteiger partial charge in [-0.2, -0.15) is 5.10 Å². The van der Waals surface area contributed by atoms with E-state index in [2.05, 4.69) is 10.3 Å². The zero-order chi connectivity index (χ0) is 29.5. The number of amides is 1. The maximum atomic E-state index is 15.6. The van der Waals surface area contributed by atoms with Crippen LogP contribution in [0.15, 0.2) is 41.3 Å². The number of hydrogen-bond donors (Lipinski definition) is 1. The fourth-order valence-electron chi connectivity index (χ4n) is 6.50. The van der Waals surface area contributed by atoms with E-state index in [9.17, 15) is 9.59 Å². The number of hydrogen-bond acceptors (Lipinski definition) is 4. The number of benzene rings is 1. The Hall–Kier alpha value is -3.78. The molecule has 42 heavy (non-hydrogen) atoms. The Labute approximate surface area is 248 Å². The minimum atomic E-state index is -0.560. The Morgan fingerprint density at radius 2 is 1.95 bits per heavy atom. The number of fused-ring (bicyclic) bond motifs is 1. The summed E-state index contributed by atoms with van der Waals surface area (Å²) in [6.45, 7) is 5.63. The molecule has 0 spiro atoms. The van der Waals surface area contributed by atoms with Crippen LogP contribution in [0.5, 0.6) is 0 Å². The average Bonchev–Trinajstić information content (AvgIpc) is 3.83. The first kappa shape index (κ1) is 27.1. The van der Waals surface area contributed by atoms with E-state index in [-0.39, 0.29) is 39.6 Å². The van der Waals surface area contributed by atoms with Gasteiger partial charge in [0.1, 0.15) is 5.02 Å². The number of anilines is 1. The Balaban J connectivity index is 1.22. The van der Waals surface area contributed by atoms with Crippen molar-refractivity contribution in [2.45, 2.75) is 71.1 Å². The molecule has 216 valence electrons. The molecule has 1 aromatic carbocycles. The summed E-state index contributed by atoms with van der Waals surface area (Å²) in [4.78, 5) is 30.8. The summed E-state index contributed by atoms with van der Waals surface area (Å²) in [6, 6.07) is 8.58. The van der Waals surface area contributed by atoms with Crippen LogP contribution in [-0.2, 0) is 24.7 Å². The molecule has 1 N–H and O–H groups in total. The molecule has 2 fully saturated rings. The zero-order valence-electron chi connectivity index (χ0n) is 24.2. The second-order valence-electron chi connectivity index (χ2n) is 12.5. The summed E-state index contributed by atoms with van der Waals surface area (Å²) in [5.74, 6) is -0.302. The minimum absolute atomic E-state index is 0.118. The van der Waals surface area contributed by atoms with E-state index in [1.165, 1.54) is 11.3 Å². The molecule has 0 radical (unpaired) electrons. The van der Waals surface area contributed by atoms with E-state index < -0.39 is 11.2 Å². The first-order valence-electron chi connectivity index (χ1n) is 14.6. The van der Waals surface area contributed by atoms with Gasteiger partial charge >= 0.3 is 0 Å². The Kier molecular flexibility index (Phi) is 6.21. The number of aromatic nitrogens is 4. The second kappa shape index (κ2) is 9.63. The number of aryl methyl sites for hydroxylation is 3. The molecule has 3 aliphatic rings. The van der Waals surface area contributed by atoms with Crippen molar-refractivity contribution in [1.29, 1.82) is 0 Å². The van der Waals surface area contributed by atoms with Crippen LogP contribution in [0, 0.1) is 25.1 Å². The lowest BCUT2D eigenvalue weighted by molar-refractivity contribution is -0.120. The van der Waals surface area contributed by atoms with Crippen molar-refractivity contribution >= 4 is 23.2 Å². The smallest absolute Gasteiger partial charge is 0.274 e. The lowest BCUT2D eigenvalue weighted by Gasteiger charge is -2.17. The quantitative estimate of drug-likeness (QED) is 0.278. The predicted molar refractivity (Wildman–Crippen MR) is 161 cm³/mol. The van der Waals surface area contributed by atoms with Crippen LogP contribution in [0.3, 0.4) is 0 Å². The molecule has 3 aliphatic carbocycles. The van der Waals surface area contributed by atoms with E-state index in [0.717, 1.165) is 61.0 Å². The molecular formula is C33H33ClFN5O2. The molecule has 1 amide bonds. The van der Waals surface area contributed by atoms with Crippen molar-refractivity contribution < 1.29 is 9.18 Å². The molecule has 0 saturated heterocycles. The highest BCUT2D eigenvalue weighted by molar-refractivity contribution is 6.31. The van der Waals surface area contributed by atoms with Crippen molar-refractivity contribution in [3.63, 3.8) is 0 Å². The van der Waals surface area contributed by atoms with Crippen LogP contribution < -0.4 is 10.9 Å². The summed E-state index contributed by atoms with van der Waals surface area (Å²) >= 11 is 6.80. The molecule has 2 atom stereocenters. The standard InChI is InChI=1S/C33H33ClFN5O2/c1-17-16-36-25(19-7-5-9-24(29(19)35)37-32(42)33(3)11-12-33)15-27(17)40-18(2)13-22(28(34)31(40)41)21-14-23(21)30-20-8-6-10-26(20)39(4)38-30/h5,7,9,13,15-16,21,23H,6,8,10-12,14H2,1-4H3,(H,37,42)/t21-,23?/m0/s1. The van der Waals surface area contributed by atoms with Gasteiger partial charge in [-0.1, -0.05) is 24.6 Å². The van der Waals surface area contributed by atoms with Gasteiger partial charge in [0.05, 0.1) is 22.8 Å². The minimum Gasteiger partial charge on any atom is -0.323 e. The first-order valence-corrected chi connectivity index (χ1v) is 15.0. The highest BCUT2D eigenvalue weighted by Gasteiger charge is 2.46. The molecule has 1 unspecified atom stereocenters. The van der Waals surface area contributed by atoms with Gasteiger partial charge in [-0.15, -0.1) is 0 Å². The summed E-state index contributed by atoms with van der Waals surface area (Å²) in [5, 5.41) is 7.78. The fourth-order valence-corrected chi connectivity index (χ4v) is 6.78. The molecule has 2 saturated carbocycles. The van der Waals surface area contributed by atoms with Gasteiger partial charge in [-0.3, -0.25) is 23.8 Å². The monoisotopic (exact) mass is 585 g/mol. The van der Waals surface area contributed by atoms with Crippen LogP contribution in [0.25, 0.3) is 16.9 Å². The highest BCUT2D eigenvalue weighted by Crippen LogP contribution is 2.57. The van der Waals surface area contributed by atoms with Crippen LogP contribution in [0.4, 0.5) is 10.1 Å². The van der Waals surface area contributed by atoms with Gasteiger partial charge in [0.2, 0.25) is 5.91 Å². The lowest BCUT2D eigenvalue weighted by atomic mass is 10.0. The normalized spacial score (nSPS) is 20.0. The largest absolute Gasteiger partial charge is 0.323 e. The molecule has 4 aromatic rings. The number of pyridine rings is 2. The van der Waals surface area contributed by atoms with Gasteiger partial charge < -0.3 is 5.32 Å². The maximum Gasteiger partial charge on any atom is 0.274 e. The van der Waals surface area contributed by atoms with Gasteiger partial charge in [0.25, 0.3) is 5.56 Å². The average molecular weight is 586 g/mol. The van der Waals surface area contributed by atoms with Crippen LogP contribution in [-0.4, -0.2) is 25.2 Å². The number of nitrogens with zero attached hydrogens (tertiary/aromatic N) is 4. The number of carbonyl (C=O) groups excluding carboxylic acids is 1. The molecular weight excluding hydrogens is 553 g/mol. The first-order chi connectivity index (χ1) is 20.1. The summed E-state index contributed by atoms with van der Waals surface area (Å²) < 4.78 is 19.2. The van der Waals surface area contributed by atoms with Crippen molar-refractivity contribution in [3.8, 4) is 16.9 Å². The topological polar surface area (TPSA) is 81.8 Å². The van der Waals surface area contributed by atoms with Crippen LogP contribution >= 0.6 is 11.6 Å². The predicted octanol–water partition coefficient (Wildman–Crippen LogP) is 6.54. The number of rotatable bonds is 6. The van der Waals surface area contributed by atoms with Gasteiger partial charge in [0.15, 0.2) is 5.82 Å². The van der Waals surface area contributed by atoms with Gasteiger partial charge in [0, 0.05) is 41.5 Å². The number of nitrogens with one attached hydrogen (secondary N) is 1. The second-order valence-corrected chi connectivity index (χ2v) is 12.8. The maximum absolute atomic E-state index is 15.6. The third-order valence-electron chi connectivity index (χ3n) is 9.44. The molecule has 7 nitrogen and oxygen atoms in total. The molecule has 0 aliphatic heterocycles. The van der Waals surface area contributed by atoms with Crippen molar-refractivity contribution in [1.82, 2.24) is 19.3 Å².